The fourth-order valence-electron chi connectivity index (χ4n) is 1.66. The van der Waals surface area contributed by atoms with Crippen LogP contribution in [0.4, 0.5) is 0 Å². The van der Waals surface area contributed by atoms with Gasteiger partial charge in [0, 0.05) is 18.8 Å². The van der Waals surface area contributed by atoms with Gasteiger partial charge in [-0.15, -0.1) is 0 Å². The molecule has 2 aromatic rings. The summed E-state index contributed by atoms with van der Waals surface area (Å²) in [6, 6.07) is 5.93. The van der Waals surface area contributed by atoms with Crippen molar-refractivity contribution in [1.82, 2.24) is 9.97 Å². The number of aromatic carboxylic acids is 1. The van der Waals surface area contributed by atoms with Crippen molar-refractivity contribution >= 4 is 5.97 Å². The van der Waals surface area contributed by atoms with Crippen LogP contribution in [-0.2, 0) is 6.42 Å². The Morgan fingerprint density at radius 3 is 2.50 bits per heavy atom. The molecule has 0 aliphatic carbocycles. The van der Waals surface area contributed by atoms with Gasteiger partial charge in [0.1, 0.15) is 11.6 Å². The summed E-state index contributed by atoms with van der Waals surface area (Å²) in [5, 5.41) is 8.74. The third-order valence-electron chi connectivity index (χ3n) is 3.03. The third-order valence-corrected chi connectivity index (χ3v) is 3.03. The van der Waals surface area contributed by atoms with Gasteiger partial charge in [0.05, 0.1) is 12.2 Å². The molecular weight excluding hydrogens is 256 g/mol. The Kier molecular flexibility index (Phi) is 4.30. The third kappa shape index (κ3) is 3.54. The number of carboxylic acids is 1. The smallest absolute Gasteiger partial charge is 0.338 e. The van der Waals surface area contributed by atoms with Gasteiger partial charge in [-0.25, -0.2) is 14.8 Å². The van der Waals surface area contributed by atoms with Gasteiger partial charge >= 0.3 is 5.97 Å². The van der Waals surface area contributed by atoms with Crippen molar-refractivity contribution in [2.75, 3.05) is 6.61 Å². The average Bonchev–Trinajstić information content (AvgIpc) is 2.43. The second-order valence-electron chi connectivity index (χ2n) is 4.54. The summed E-state index contributed by atoms with van der Waals surface area (Å²) in [6.45, 7) is 4.54. The lowest BCUT2D eigenvalue weighted by Gasteiger charge is -2.07. The van der Waals surface area contributed by atoms with E-state index >= 15 is 0 Å². The van der Waals surface area contributed by atoms with Crippen LogP contribution in [0, 0.1) is 13.8 Å². The fraction of sp³-hybridized carbons (Fsp3) is 0.267. The highest BCUT2D eigenvalue weighted by atomic mass is 16.5. The van der Waals surface area contributed by atoms with E-state index in [9.17, 15) is 4.79 Å². The van der Waals surface area contributed by atoms with E-state index in [4.69, 9.17) is 9.84 Å². The van der Waals surface area contributed by atoms with E-state index in [-0.39, 0.29) is 5.56 Å². The predicted molar refractivity (Wildman–Crippen MR) is 74.1 cm³/mol. The van der Waals surface area contributed by atoms with Gasteiger partial charge < -0.3 is 9.84 Å². The Labute approximate surface area is 117 Å². The quantitative estimate of drug-likeness (QED) is 0.905. The lowest BCUT2D eigenvalue weighted by atomic mass is 10.1. The van der Waals surface area contributed by atoms with Crippen LogP contribution in [0.5, 0.6) is 5.75 Å². The Morgan fingerprint density at radius 1 is 1.20 bits per heavy atom. The van der Waals surface area contributed by atoms with Gasteiger partial charge in [0.15, 0.2) is 0 Å². The lowest BCUT2D eigenvalue weighted by molar-refractivity contribution is 0.0696. The number of rotatable bonds is 5. The molecule has 1 aromatic heterocycles. The number of aryl methyl sites for hydroxylation is 2. The van der Waals surface area contributed by atoms with Gasteiger partial charge in [-0.1, -0.05) is 6.07 Å². The SMILES string of the molecule is Cc1ccc(OCCc2ncc(C(=O)O)cn2)cc1C. The molecule has 0 aliphatic heterocycles. The van der Waals surface area contributed by atoms with Crippen molar-refractivity contribution in [3.63, 3.8) is 0 Å². The topological polar surface area (TPSA) is 72.3 Å². The Hall–Kier alpha value is -2.43. The summed E-state index contributed by atoms with van der Waals surface area (Å²) in [5.41, 5.74) is 2.50. The van der Waals surface area contributed by atoms with Gasteiger partial charge in [-0.05, 0) is 37.1 Å². The molecule has 0 aliphatic rings. The van der Waals surface area contributed by atoms with Crippen molar-refractivity contribution in [3.05, 3.63) is 53.1 Å². The minimum Gasteiger partial charge on any atom is -0.493 e. The van der Waals surface area contributed by atoms with Gasteiger partial charge in [0.2, 0.25) is 0 Å². The van der Waals surface area contributed by atoms with Crippen molar-refractivity contribution in [1.29, 1.82) is 0 Å². The predicted octanol–water partition coefficient (Wildman–Crippen LogP) is 2.41. The highest BCUT2D eigenvalue weighted by Gasteiger charge is 2.04. The molecule has 0 unspecified atom stereocenters. The summed E-state index contributed by atoms with van der Waals surface area (Å²) in [4.78, 5) is 18.6. The zero-order valence-corrected chi connectivity index (χ0v) is 11.5. The van der Waals surface area contributed by atoms with Crippen LogP contribution in [0.15, 0.2) is 30.6 Å². The van der Waals surface area contributed by atoms with E-state index in [0.717, 1.165) is 5.75 Å². The van der Waals surface area contributed by atoms with Crippen molar-refractivity contribution in [2.45, 2.75) is 20.3 Å². The summed E-state index contributed by atoms with van der Waals surface area (Å²) in [5.74, 6) is 0.358. The monoisotopic (exact) mass is 272 g/mol. The van der Waals surface area contributed by atoms with Crippen LogP contribution in [0.1, 0.15) is 27.3 Å². The first-order valence-corrected chi connectivity index (χ1v) is 6.30. The van der Waals surface area contributed by atoms with Crippen LogP contribution in [0.2, 0.25) is 0 Å². The molecule has 104 valence electrons. The fourth-order valence-corrected chi connectivity index (χ4v) is 1.66. The molecule has 0 spiro atoms. The molecule has 2 rings (SSSR count). The Balaban J connectivity index is 1.89. The molecule has 1 heterocycles. The summed E-state index contributed by atoms with van der Waals surface area (Å²) >= 11 is 0. The number of ether oxygens (including phenoxy) is 1. The van der Waals surface area contributed by atoms with Crippen LogP contribution in [0.3, 0.4) is 0 Å². The minimum absolute atomic E-state index is 0.0869. The molecule has 1 N–H and O–H groups in total. The van der Waals surface area contributed by atoms with Crippen LogP contribution in [0.25, 0.3) is 0 Å². The van der Waals surface area contributed by atoms with Crippen molar-refractivity contribution in [2.24, 2.45) is 0 Å². The summed E-state index contributed by atoms with van der Waals surface area (Å²) in [6.07, 6.45) is 3.15. The normalized spacial score (nSPS) is 10.3. The maximum absolute atomic E-state index is 10.7. The maximum Gasteiger partial charge on any atom is 0.338 e. The van der Waals surface area contributed by atoms with Gasteiger partial charge in [-0.3, -0.25) is 0 Å². The number of hydrogen-bond acceptors (Lipinski definition) is 4. The molecule has 20 heavy (non-hydrogen) atoms. The largest absolute Gasteiger partial charge is 0.493 e. The van der Waals surface area contributed by atoms with E-state index in [1.807, 2.05) is 25.1 Å². The molecule has 0 saturated carbocycles. The molecule has 0 fully saturated rings. The molecule has 0 atom stereocenters. The second-order valence-corrected chi connectivity index (χ2v) is 4.54. The molecule has 5 heteroatoms. The van der Waals surface area contributed by atoms with E-state index in [1.54, 1.807) is 0 Å². The number of carboxylic acid groups (broad SMARTS) is 1. The van der Waals surface area contributed by atoms with Crippen LogP contribution in [-0.4, -0.2) is 27.7 Å². The van der Waals surface area contributed by atoms with E-state index in [0.29, 0.717) is 18.9 Å². The highest BCUT2D eigenvalue weighted by Crippen LogP contribution is 2.16. The molecular formula is C15H16N2O3. The van der Waals surface area contributed by atoms with Crippen molar-refractivity contribution < 1.29 is 14.6 Å². The molecule has 1 aromatic carbocycles. The number of nitrogens with zero attached hydrogens (tertiary/aromatic N) is 2. The molecule has 5 nitrogen and oxygen atoms in total. The lowest BCUT2D eigenvalue weighted by Crippen LogP contribution is -2.07. The Bertz CT molecular complexity index is 609. The zero-order valence-electron chi connectivity index (χ0n) is 11.5. The first-order valence-electron chi connectivity index (χ1n) is 6.30. The van der Waals surface area contributed by atoms with E-state index in [2.05, 4.69) is 16.9 Å². The zero-order chi connectivity index (χ0) is 14.5. The second kappa shape index (κ2) is 6.14. The summed E-state index contributed by atoms with van der Waals surface area (Å²) in [7, 11) is 0. The van der Waals surface area contributed by atoms with Crippen LogP contribution < -0.4 is 4.74 Å². The highest BCUT2D eigenvalue weighted by molar-refractivity contribution is 5.86. The first-order chi connectivity index (χ1) is 9.56. The van der Waals surface area contributed by atoms with Crippen molar-refractivity contribution in [3.8, 4) is 5.75 Å². The van der Waals surface area contributed by atoms with Gasteiger partial charge in [-0.2, -0.15) is 0 Å². The summed E-state index contributed by atoms with van der Waals surface area (Å²) < 4.78 is 5.63. The standard InChI is InChI=1S/C15H16N2O3/c1-10-3-4-13(7-11(10)2)20-6-5-14-16-8-12(9-17-14)15(18)19/h3-4,7-9H,5-6H2,1-2H3,(H,18,19). The molecule has 0 bridgehead atoms. The van der Waals surface area contributed by atoms with Crippen LogP contribution >= 0.6 is 0 Å². The van der Waals surface area contributed by atoms with Gasteiger partial charge in [0.25, 0.3) is 0 Å². The minimum atomic E-state index is -1.03. The number of hydrogen-bond donors (Lipinski definition) is 1. The molecule has 0 saturated heterocycles. The number of benzene rings is 1. The Morgan fingerprint density at radius 2 is 1.90 bits per heavy atom. The molecule has 0 amide bonds. The first kappa shape index (κ1) is 14.0. The van der Waals surface area contributed by atoms with E-state index < -0.39 is 5.97 Å². The maximum atomic E-state index is 10.7. The number of carbonyl (C=O) groups is 1. The van der Waals surface area contributed by atoms with E-state index in [1.165, 1.54) is 23.5 Å². The number of aromatic nitrogens is 2. The average molecular weight is 272 g/mol. The molecule has 0 radical (unpaired) electrons.